The van der Waals surface area contributed by atoms with Gasteiger partial charge in [0.1, 0.15) is 7.38 Å². The molecule has 0 amide bonds. The molecule has 0 nitrogen and oxygen atoms in total. The second-order valence-corrected chi connectivity index (χ2v) is 14.9. The summed E-state index contributed by atoms with van der Waals surface area (Å²) in [6, 6.07) is 1.30. The molecule has 0 fully saturated rings. The van der Waals surface area contributed by atoms with E-state index in [0.717, 1.165) is 0 Å². The van der Waals surface area contributed by atoms with Crippen LogP contribution in [0, 0.1) is 0 Å². The van der Waals surface area contributed by atoms with Crippen LogP contribution >= 0.6 is 27.0 Å². The Hall–Kier alpha value is 0.987. The van der Waals surface area contributed by atoms with Gasteiger partial charge in [0.2, 0.25) is 0 Å². The van der Waals surface area contributed by atoms with Crippen LogP contribution in [0.2, 0.25) is 19.1 Å². The number of rotatable bonds is 16. The molecule has 128 valence electrons. The van der Waals surface area contributed by atoms with Gasteiger partial charge in [0.25, 0.3) is 0 Å². The maximum atomic E-state index is 6.33. The topological polar surface area (TPSA) is 0 Å². The zero-order valence-corrected chi connectivity index (χ0v) is 17.9. The van der Waals surface area contributed by atoms with Gasteiger partial charge < -0.3 is 0 Å². The maximum absolute atomic E-state index is 6.33. The Morgan fingerprint density at radius 2 is 0.857 bits per heavy atom. The van der Waals surface area contributed by atoms with E-state index in [-0.39, 0.29) is 0 Å². The van der Waals surface area contributed by atoms with E-state index in [2.05, 4.69) is 29.0 Å². The average molecular weight is 398 g/mol. The van der Waals surface area contributed by atoms with Crippen LogP contribution in [0.15, 0.2) is 0 Å². The van der Waals surface area contributed by atoms with Crippen LogP contribution in [-0.2, 0) is 0 Å². The highest BCUT2D eigenvalue weighted by molar-refractivity contribution is 9.09. The zero-order valence-electron chi connectivity index (χ0n) is 14.6. The number of halogens is 2. The fourth-order valence-corrected chi connectivity index (χ4v) is 4.65. The summed E-state index contributed by atoms with van der Waals surface area (Å²) in [5.74, 6) is 0. The minimum atomic E-state index is -1.29. The Balaban J connectivity index is 3.00. The molecule has 3 heteroatoms. The fraction of sp³-hybridized carbons (Fsp3) is 1.00. The summed E-state index contributed by atoms with van der Waals surface area (Å²) >= 11 is 9.82. The second kappa shape index (κ2) is 15.9. The molecule has 0 aliphatic carbocycles. The first-order valence-electron chi connectivity index (χ1n) is 9.31. The minimum Gasteiger partial charge on any atom is -0.168 e. The van der Waals surface area contributed by atoms with Crippen molar-refractivity contribution in [2.24, 2.45) is 0 Å². The van der Waals surface area contributed by atoms with Crippen molar-refractivity contribution in [3.8, 4) is 0 Å². The Bertz CT molecular complexity index is 204. The Morgan fingerprint density at radius 3 is 1.14 bits per heavy atom. The molecule has 0 unspecified atom stereocenters. The molecule has 0 atom stereocenters. The summed E-state index contributed by atoms with van der Waals surface area (Å²) in [7, 11) is -1.29. The van der Waals surface area contributed by atoms with E-state index >= 15 is 0 Å². The predicted octanol–water partition coefficient (Wildman–Crippen LogP) is 8.29. The van der Waals surface area contributed by atoms with Gasteiger partial charge in [-0.15, -0.1) is 0 Å². The monoisotopic (exact) mass is 396 g/mol. The van der Waals surface area contributed by atoms with Crippen molar-refractivity contribution in [1.29, 1.82) is 0 Å². The Labute approximate surface area is 148 Å². The Kier molecular flexibility index (Phi) is 16.6. The molecule has 0 radical (unpaired) electrons. The SMILES string of the molecule is C[Si](C)(Cl)CCCCCCCCCCCCCCCCBr. The summed E-state index contributed by atoms with van der Waals surface area (Å²) in [4.78, 5) is 0. The number of hydrogen-bond donors (Lipinski definition) is 0. The van der Waals surface area contributed by atoms with Gasteiger partial charge in [-0.1, -0.05) is 112 Å². The molecule has 0 saturated carbocycles. The van der Waals surface area contributed by atoms with Gasteiger partial charge in [-0.3, -0.25) is 0 Å². The van der Waals surface area contributed by atoms with Gasteiger partial charge in [0.05, 0.1) is 0 Å². The summed E-state index contributed by atoms with van der Waals surface area (Å²) in [5, 5.41) is 1.18. The summed E-state index contributed by atoms with van der Waals surface area (Å²) in [6.45, 7) is 4.52. The number of unbranched alkanes of at least 4 members (excludes halogenated alkanes) is 13. The van der Waals surface area contributed by atoms with E-state index in [1.165, 1.54) is 101 Å². The van der Waals surface area contributed by atoms with Crippen molar-refractivity contribution in [3.05, 3.63) is 0 Å². The Morgan fingerprint density at radius 1 is 0.571 bits per heavy atom. The van der Waals surface area contributed by atoms with Crippen molar-refractivity contribution in [1.82, 2.24) is 0 Å². The standard InChI is InChI=1S/C18H38BrClSi/c1-21(2,20)18-16-14-12-10-8-6-4-3-5-7-9-11-13-15-17-19/h3-18H2,1-2H3. The van der Waals surface area contributed by atoms with Crippen molar-refractivity contribution in [2.45, 2.75) is 109 Å². The van der Waals surface area contributed by atoms with Gasteiger partial charge >= 0.3 is 0 Å². The van der Waals surface area contributed by atoms with Crippen LogP contribution in [0.25, 0.3) is 0 Å². The van der Waals surface area contributed by atoms with E-state index in [0.29, 0.717) is 0 Å². The van der Waals surface area contributed by atoms with Crippen LogP contribution in [0.3, 0.4) is 0 Å². The third-order valence-corrected chi connectivity index (χ3v) is 6.83. The highest BCUT2D eigenvalue weighted by atomic mass is 79.9. The molecular formula is C18H38BrClSi. The van der Waals surface area contributed by atoms with Gasteiger partial charge in [0, 0.05) is 5.33 Å². The van der Waals surface area contributed by atoms with Crippen molar-refractivity contribution in [3.63, 3.8) is 0 Å². The zero-order chi connectivity index (χ0) is 15.8. The lowest BCUT2D eigenvalue weighted by atomic mass is 10.0. The first-order chi connectivity index (χ1) is 10.1. The lowest BCUT2D eigenvalue weighted by Crippen LogP contribution is -2.14. The molecule has 0 aromatic carbocycles. The van der Waals surface area contributed by atoms with Crippen LogP contribution < -0.4 is 0 Å². The van der Waals surface area contributed by atoms with Gasteiger partial charge in [-0.2, -0.15) is 11.1 Å². The third kappa shape index (κ3) is 21.0. The van der Waals surface area contributed by atoms with Crippen molar-refractivity contribution < 1.29 is 0 Å². The molecule has 21 heavy (non-hydrogen) atoms. The molecule has 0 aromatic heterocycles. The highest BCUT2D eigenvalue weighted by Gasteiger charge is 2.15. The quantitative estimate of drug-likeness (QED) is 0.106. The number of hydrogen-bond acceptors (Lipinski definition) is 0. The maximum Gasteiger partial charge on any atom is 0.150 e. The van der Waals surface area contributed by atoms with Gasteiger partial charge in [-0.05, 0) is 12.5 Å². The summed E-state index contributed by atoms with van der Waals surface area (Å²) in [6.07, 6.45) is 20.0. The molecule has 0 aliphatic rings. The van der Waals surface area contributed by atoms with Crippen LogP contribution in [-0.4, -0.2) is 12.7 Å². The van der Waals surface area contributed by atoms with E-state index in [9.17, 15) is 0 Å². The average Bonchev–Trinajstić information content (AvgIpc) is 2.42. The van der Waals surface area contributed by atoms with E-state index in [1.54, 1.807) is 0 Å². The van der Waals surface area contributed by atoms with Gasteiger partial charge in [0.15, 0.2) is 0 Å². The molecule has 0 aromatic rings. The molecule has 0 aliphatic heterocycles. The van der Waals surface area contributed by atoms with Crippen LogP contribution in [0.1, 0.15) is 89.9 Å². The molecule has 0 rings (SSSR count). The fourth-order valence-electron chi connectivity index (χ4n) is 2.76. The van der Waals surface area contributed by atoms with E-state index in [4.69, 9.17) is 11.1 Å². The summed E-state index contributed by atoms with van der Waals surface area (Å²) < 4.78 is 0. The van der Waals surface area contributed by atoms with Gasteiger partial charge in [-0.25, -0.2) is 0 Å². The second-order valence-electron chi connectivity index (χ2n) is 7.11. The molecule has 0 bridgehead atoms. The lowest BCUT2D eigenvalue weighted by Gasteiger charge is -2.11. The van der Waals surface area contributed by atoms with Crippen LogP contribution in [0.4, 0.5) is 0 Å². The third-order valence-electron chi connectivity index (χ3n) is 4.15. The first-order valence-corrected chi connectivity index (χ1v) is 14.7. The molecular weight excluding hydrogens is 360 g/mol. The number of alkyl halides is 1. The van der Waals surface area contributed by atoms with E-state index in [1.807, 2.05) is 0 Å². The minimum absolute atomic E-state index is 1.18. The summed E-state index contributed by atoms with van der Waals surface area (Å²) in [5.41, 5.74) is 0. The van der Waals surface area contributed by atoms with Crippen molar-refractivity contribution in [2.75, 3.05) is 5.33 Å². The molecule has 0 heterocycles. The molecule has 0 saturated heterocycles. The molecule has 0 spiro atoms. The first kappa shape index (κ1) is 22.0. The van der Waals surface area contributed by atoms with Crippen LogP contribution in [0.5, 0.6) is 0 Å². The smallest absolute Gasteiger partial charge is 0.150 e. The molecule has 0 N–H and O–H groups in total. The normalized spacial score (nSPS) is 12.0. The highest BCUT2D eigenvalue weighted by Crippen LogP contribution is 2.19. The lowest BCUT2D eigenvalue weighted by molar-refractivity contribution is 0.538. The largest absolute Gasteiger partial charge is 0.168 e. The van der Waals surface area contributed by atoms with E-state index < -0.39 is 7.38 Å². The predicted molar refractivity (Wildman–Crippen MR) is 107 cm³/mol. The van der Waals surface area contributed by atoms with Crippen molar-refractivity contribution >= 4 is 34.4 Å².